The maximum absolute atomic E-state index is 12.1. The first-order valence-electron chi connectivity index (χ1n) is 7.12. The van der Waals surface area contributed by atoms with E-state index in [0.717, 1.165) is 11.1 Å². The third-order valence-electron chi connectivity index (χ3n) is 3.67. The van der Waals surface area contributed by atoms with Gasteiger partial charge >= 0.3 is 0 Å². The quantitative estimate of drug-likeness (QED) is 0.906. The van der Waals surface area contributed by atoms with Crippen molar-refractivity contribution in [1.82, 2.24) is 5.32 Å². The van der Waals surface area contributed by atoms with Crippen LogP contribution in [0.3, 0.4) is 0 Å². The van der Waals surface area contributed by atoms with Crippen molar-refractivity contribution in [2.45, 2.75) is 39.3 Å². The molecule has 0 bridgehead atoms. The summed E-state index contributed by atoms with van der Waals surface area (Å²) < 4.78 is 28.4. The van der Waals surface area contributed by atoms with Gasteiger partial charge in [-0.3, -0.25) is 4.79 Å². The van der Waals surface area contributed by atoms with Crippen LogP contribution in [-0.2, 0) is 14.6 Å². The molecule has 1 fully saturated rings. The number of rotatable bonds is 4. The smallest absolute Gasteiger partial charge is 0.261 e. The van der Waals surface area contributed by atoms with Crippen LogP contribution >= 0.6 is 11.6 Å². The van der Waals surface area contributed by atoms with Gasteiger partial charge < -0.3 is 10.1 Å². The highest BCUT2D eigenvalue weighted by atomic mass is 35.5. The summed E-state index contributed by atoms with van der Waals surface area (Å²) in [4.78, 5) is 12.1. The third kappa shape index (κ3) is 4.14. The Morgan fingerprint density at radius 2 is 1.95 bits per heavy atom. The fourth-order valence-electron chi connectivity index (χ4n) is 2.46. The maximum atomic E-state index is 12.1. The number of nitrogens with one attached hydrogen (secondary N) is 1. The van der Waals surface area contributed by atoms with Crippen molar-refractivity contribution in [1.29, 1.82) is 0 Å². The van der Waals surface area contributed by atoms with Crippen LogP contribution in [0.15, 0.2) is 12.1 Å². The van der Waals surface area contributed by atoms with Gasteiger partial charge in [0.1, 0.15) is 5.75 Å². The van der Waals surface area contributed by atoms with E-state index < -0.39 is 15.9 Å². The molecule has 1 amide bonds. The molecule has 1 aromatic carbocycles. The van der Waals surface area contributed by atoms with Crippen molar-refractivity contribution in [3.8, 4) is 5.75 Å². The molecule has 2 atom stereocenters. The molecule has 2 rings (SSSR count). The number of ether oxygens (including phenoxy) is 1. The molecule has 2 unspecified atom stereocenters. The molecule has 1 N–H and O–H groups in total. The molecule has 0 radical (unpaired) electrons. The Balaban J connectivity index is 1.97. The summed E-state index contributed by atoms with van der Waals surface area (Å²) in [7, 11) is -3.01. The lowest BCUT2D eigenvalue weighted by Gasteiger charge is -2.18. The zero-order valence-electron chi connectivity index (χ0n) is 12.8. The monoisotopic (exact) mass is 345 g/mol. The summed E-state index contributed by atoms with van der Waals surface area (Å²) in [6.07, 6.45) is -0.247. The van der Waals surface area contributed by atoms with E-state index in [0.29, 0.717) is 17.2 Å². The highest BCUT2D eigenvalue weighted by Crippen LogP contribution is 2.26. The van der Waals surface area contributed by atoms with E-state index >= 15 is 0 Å². The summed E-state index contributed by atoms with van der Waals surface area (Å²) in [5.41, 5.74) is 1.76. The standard InChI is InChI=1S/C15H20ClNO4S/c1-9-6-13(7-10(2)14(9)16)21-11(3)15(18)17-12-4-5-22(19,20)8-12/h6-7,11-12H,4-5,8H2,1-3H3,(H,17,18). The fraction of sp³-hybridized carbons (Fsp3) is 0.533. The lowest BCUT2D eigenvalue weighted by molar-refractivity contribution is -0.127. The Morgan fingerprint density at radius 1 is 1.36 bits per heavy atom. The highest BCUT2D eigenvalue weighted by molar-refractivity contribution is 7.91. The van der Waals surface area contributed by atoms with E-state index in [4.69, 9.17) is 16.3 Å². The van der Waals surface area contributed by atoms with Gasteiger partial charge in [0.25, 0.3) is 5.91 Å². The van der Waals surface area contributed by atoms with E-state index in [9.17, 15) is 13.2 Å². The molecule has 122 valence electrons. The minimum Gasteiger partial charge on any atom is -0.481 e. The molecule has 22 heavy (non-hydrogen) atoms. The van der Waals surface area contributed by atoms with E-state index in [1.54, 1.807) is 19.1 Å². The van der Waals surface area contributed by atoms with Crippen LogP contribution in [0.2, 0.25) is 5.02 Å². The molecule has 0 spiro atoms. The molecule has 1 heterocycles. The molecule has 0 aromatic heterocycles. The SMILES string of the molecule is Cc1cc(OC(C)C(=O)NC2CCS(=O)(=O)C2)cc(C)c1Cl. The number of hydrogen-bond donors (Lipinski definition) is 1. The molecule has 1 saturated heterocycles. The molecule has 5 nitrogen and oxygen atoms in total. The normalized spacial score (nSPS) is 21.4. The third-order valence-corrected chi connectivity index (χ3v) is 6.03. The van der Waals surface area contributed by atoms with Gasteiger partial charge in [-0.15, -0.1) is 0 Å². The largest absolute Gasteiger partial charge is 0.481 e. The fourth-order valence-corrected chi connectivity index (χ4v) is 4.24. The maximum Gasteiger partial charge on any atom is 0.261 e. The summed E-state index contributed by atoms with van der Waals surface area (Å²) in [6, 6.07) is 3.23. The van der Waals surface area contributed by atoms with Gasteiger partial charge in [0.05, 0.1) is 11.5 Å². The second-order valence-corrected chi connectivity index (χ2v) is 8.35. The average Bonchev–Trinajstić information content (AvgIpc) is 2.75. The summed E-state index contributed by atoms with van der Waals surface area (Å²) in [5.74, 6) is 0.390. The van der Waals surface area contributed by atoms with Gasteiger partial charge in [-0.2, -0.15) is 0 Å². The predicted molar refractivity (Wildman–Crippen MR) is 86.2 cm³/mol. The first-order chi connectivity index (χ1) is 10.2. The molecule has 1 aliphatic heterocycles. The van der Waals surface area contributed by atoms with Gasteiger partial charge in [-0.05, 0) is 50.5 Å². The van der Waals surface area contributed by atoms with Crippen LogP contribution in [0.1, 0.15) is 24.5 Å². The molecule has 1 aliphatic rings. The minimum atomic E-state index is -3.01. The van der Waals surface area contributed by atoms with E-state index in [2.05, 4.69) is 5.32 Å². The predicted octanol–water partition coefficient (Wildman–Crippen LogP) is 2.03. The van der Waals surface area contributed by atoms with E-state index in [1.807, 2.05) is 13.8 Å². The summed E-state index contributed by atoms with van der Waals surface area (Å²) in [5, 5.41) is 3.41. The topological polar surface area (TPSA) is 72.5 Å². The van der Waals surface area contributed by atoms with Crippen LogP contribution in [0.25, 0.3) is 0 Å². The number of aryl methyl sites for hydroxylation is 2. The number of benzene rings is 1. The molecule has 0 saturated carbocycles. The Labute approximate surface area is 135 Å². The number of carbonyl (C=O) groups excluding carboxylic acids is 1. The molecule has 7 heteroatoms. The number of amides is 1. The lowest BCUT2D eigenvalue weighted by atomic mass is 10.1. The Kier molecular flexibility index (Phi) is 5.02. The first kappa shape index (κ1) is 17.1. The van der Waals surface area contributed by atoms with Crippen LogP contribution in [0.5, 0.6) is 5.75 Å². The van der Waals surface area contributed by atoms with Crippen molar-refractivity contribution < 1.29 is 17.9 Å². The number of sulfone groups is 1. The van der Waals surface area contributed by atoms with Crippen LogP contribution < -0.4 is 10.1 Å². The summed E-state index contributed by atoms with van der Waals surface area (Å²) in [6.45, 7) is 5.38. The van der Waals surface area contributed by atoms with Crippen molar-refractivity contribution in [2.75, 3.05) is 11.5 Å². The average molecular weight is 346 g/mol. The molecular weight excluding hydrogens is 326 g/mol. The summed E-state index contributed by atoms with van der Waals surface area (Å²) >= 11 is 6.10. The number of halogens is 1. The van der Waals surface area contributed by atoms with Gasteiger partial charge in [0.15, 0.2) is 15.9 Å². The zero-order valence-corrected chi connectivity index (χ0v) is 14.4. The Hall–Kier alpha value is -1.27. The minimum absolute atomic E-state index is 0.00458. The van der Waals surface area contributed by atoms with Gasteiger partial charge in [0.2, 0.25) is 0 Å². The first-order valence-corrected chi connectivity index (χ1v) is 9.32. The molecule has 0 aliphatic carbocycles. The van der Waals surface area contributed by atoms with Gasteiger partial charge in [0, 0.05) is 11.1 Å². The number of hydrogen-bond acceptors (Lipinski definition) is 4. The number of carbonyl (C=O) groups is 1. The van der Waals surface area contributed by atoms with Crippen molar-refractivity contribution in [3.63, 3.8) is 0 Å². The van der Waals surface area contributed by atoms with E-state index in [-0.39, 0.29) is 23.5 Å². The van der Waals surface area contributed by atoms with Crippen LogP contribution in [-0.4, -0.2) is 38.0 Å². The van der Waals surface area contributed by atoms with Crippen LogP contribution in [0, 0.1) is 13.8 Å². The highest BCUT2D eigenvalue weighted by Gasteiger charge is 2.30. The Morgan fingerprint density at radius 3 is 2.45 bits per heavy atom. The van der Waals surface area contributed by atoms with Gasteiger partial charge in [-0.1, -0.05) is 11.6 Å². The van der Waals surface area contributed by atoms with Crippen molar-refractivity contribution in [2.24, 2.45) is 0 Å². The van der Waals surface area contributed by atoms with Crippen molar-refractivity contribution >= 4 is 27.3 Å². The van der Waals surface area contributed by atoms with Gasteiger partial charge in [-0.25, -0.2) is 8.42 Å². The Bertz CT molecular complexity index is 664. The lowest BCUT2D eigenvalue weighted by Crippen LogP contribution is -2.43. The van der Waals surface area contributed by atoms with Crippen molar-refractivity contribution in [3.05, 3.63) is 28.3 Å². The second kappa shape index (κ2) is 6.46. The second-order valence-electron chi connectivity index (χ2n) is 5.74. The van der Waals surface area contributed by atoms with Crippen LogP contribution in [0.4, 0.5) is 0 Å². The molecular formula is C15H20ClNO4S. The van der Waals surface area contributed by atoms with E-state index in [1.165, 1.54) is 0 Å². The zero-order chi connectivity index (χ0) is 16.5. The molecule has 1 aromatic rings.